The van der Waals surface area contributed by atoms with Gasteiger partial charge in [-0.1, -0.05) is 0 Å². The maximum absolute atomic E-state index is 12.4. The second kappa shape index (κ2) is 5.88. The van der Waals surface area contributed by atoms with E-state index in [2.05, 4.69) is 9.71 Å². The van der Waals surface area contributed by atoms with Crippen molar-refractivity contribution < 1.29 is 17.9 Å². The fourth-order valence-corrected chi connectivity index (χ4v) is 2.91. The molecule has 0 spiro atoms. The van der Waals surface area contributed by atoms with E-state index in [1.165, 1.54) is 44.7 Å². The average molecular weight is 310 g/mol. The minimum Gasteiger partial charge on any atom is -0.497 e. The van der Waals surface area contributed by atoms with Gasteiger partial charge >= 0.3 is 0 Å². The highest BCUT2D eigenvalue weighted by Crippen LogP contribution is 2.29. The Bertz CT molecular complexity index is 778. The van der Waals surface area contributed by atoms with Crippen LogP contribution in [-0.4, -0.2) is 27.6 Å². The summed E-state index contributed by atoms with van der Waals surface area (Å²) in [5.74, 6) is 0.574. The summed E-state index contributed by atoms with van der Waals surface area (Å²) in [4.78, 5) is 13.3. The number of hydrogen-bond acceptors (Lipinski definition) is 5. The summed E-state index contributed by atoms with van der Waals surface area (Å²) in [7, 11) is -1.06. The molecule has 2 rings (SSSR count). The van der Waals surface area contributed by atoms with Crippen LogP contribution < -0.4 is 19.8 Å². The Labute approximate surface area is 121 Å². The zero-order valence-corrected chi connectivity index (χ0v) is 12.2. The zero-order chi connectivity index (χ0) is 15.5. The summed E-state index contributed by atoms with van der Waals surface area (Å²) in [5.41, 5.74) is -0.0867. The van der Waals surface area contributed by atoms with E-state index in [4.69, 9.17) is 9.47 Å². The largest absolute Gasteiger partial charge is 0.497 e. The van der Waals surface area contributed by atoms with Crippen LogP contribution >= 0.6 is 0 Å². The Morgan fingerprint density at radius 3 is 2.43 bits per heavy atom. The number of pyridine rings is 1. The third-order valence-corrected chi connectivity index (χ3v) is 4.10. The summed E-state index contributed by atoms with van der Waals surface area (Å²) in [6, 6.07) is 7.04. The molecule has 1 heterocycles. The third kappa shape index (κ3) is 3.34. The van der Waals surface area contributed by atoms with Gasteiger partial charge in [-0.05, 0) is 18.2 Å². The zero-order valence-electron chi connectivity index (χ0n) is 11.4. The Balaban J connectivity index is 2.43. The van der Waals surface area contributed by atoms with Crippen LogP contribution in [0.3, 0.4) is 0 Å². The van der Waals surface area contributed by atoms with Gasteiger partial charge in [0.15, 0.2) is 0 Å². The van der Waals surface area contributed by atoms with Crippen molar-refractivity contribution >= 4 is 15.7 Å². The predicted octanol–water partition coefficient (Wildman–Crippen LogP) is 1.19. The molecule has 2 aromatic rings. The van der Waals surface area contributed by atoms with Crippen LogP contribution in [0, 0.1) is 0 Å². The van der Waals surface area contributed by atoms with Gasteiger partial charge in [-0.25, -0.2) is 8.42 Å². The standard InChI is InChI=1S/C13H14N2O5S/c1-19-10-4-5-11(20-2)12(7-10)21(17,18)15-9-3-6-13(16)14-8-9/h3-8,15H,1-2H3,(H,14,16). The van der Waals surface area contributed by atoms with Gasteiger partial charge in [0.1, 0.15) is 16.4 Å². The van der Waals surface area contributed by atoms with Crippen LogP contribution in [0.25, 0.3) is 0 Å². The molecule has 7 nitrogen and oxygen atoms in total. The van der Waals surface area contributed by atoms with Crippen molar-refractivity contribution in [2.75, 3.05) is 18.9 Å². The highest BCUT2D eigenvalue weighted by Gasteiger charge is 2.20. The molecule has 0 aliphatic carbocycles. The first-order chi connectivity index (χ1) is 9.96. The lowest BCUT2D eigenvalue weighted by atomic mass is 10.3. The van der Waals surface area contributed by atoms with Crippen LogP contribution in [0.4, 0.5) is 5.69 Å². The number of ether oxygens (including phenoxy) is 2. The molecular weight excluding hydrogens is 296 g/mol. The van der Waals surface area contributed by atoms with Gasteiger partial charge in [0.2, 0.25) is 5.56 Å². The number of H-pyrrole nitrogens is 1. The van der Waals surface area contributed by atoms with E-state index in [0.29, 0.717) is 5.75 Å². The van der Waals surface area contributed by atoms with Crippen LogP contribution in [0.15, 0.2) is 46.2 Å². The van der Waals surface area contributed by atoms with Crippen molar-refractivity contribution in [1.29, 1.82) is 0 Å². The maximum atomic E-state index is 12.4. The maximum Gasteiger partial charge on any atom is 0.265 e. The summed E-state index contributed by atoms with van der Waals surface area (Å²) in [6.45, 7) is 0. The SMILES string of the molecule is COc1ccc(OC)c(S(=O)(=O)Nc2ccc(=O)[nH]c2)c1. The van der Waals surface area contributed by atoms with E-state index in [9.17, 15) is 13.2 Å². The molecule has 8 heteroatoms. The molecule has 0 saturated carbocycles. The van der Waals surface area contributed by atoms with Gasteiger partial charge in [-0.15, -0.1) is 0 Å². The Kier molecular flexibility index (Phi) is 4.18. The van der Waals surface area contributed by atoms with Crippen LogP contribution in [0.2, 0.25) is 0 Å². The normalized spacial score (nSPS) is 11.0. The van der Waals surface area contributed by atoms with Crippen molar-refractivity contribution in [1.82, 2.24) is 4.98 Å². The van der Waals surface area contributed by atoms with Crippen LogP contribution in [0.1, 0.15) is 0 Å². The van der Waals surface area contributed by atoms with Crippen molar-refractivity contribution in [3.8, 4) is 11.5 Å². The minimum absolute atomic E-state index is 0.0597. The molecule has 1 aromatic heterocycles. The summed E-state index contributed by atoms with van der Waals surface area (Å²) >= 11 is 0. The number of methoxy groups -OCH3 is 2. The molecule has 0 radical (unpaired) electrons. The van der Waals surface area contributed by atoms with Crippen LogP contribution in [0.5, 0.6) is 11.5 Å². The quantitative estimate of drug-likeness (QED) is 0.864. The number of nitrogens with one attached hydrogen (secondary N) is 2. The highest BCUT2D eigenvalue weighted by atomic mass is 32.2. The Hall–Kier alpha value is -2.48. The number of hydrogen-bond donors (Lipinski definition) is 2. The third-order valence-electron chi connectivity index (χ3n) is 2.70. The molecule has 2 N–H and O–H groups in total. The average Bonchev–Trinajstić information content (AvgIpc) is 2.48. The van der Waals surface area contributed by atoms with E-state index in [1.54, 1.807) is 6.07 Å². The number of sulfonamides is 1. The number of anilines is 1. The second-order valence-electron chi connectivity index (χ2n) is 4.06. The molecular formula is C13H14N2O5S. The van der Waals surface area contributed by atoms with Gasteiger partial charge in [-0.2, -0.15) is 0 Å². The number of benzene rings is 1. The van der Waals surface area contributed by atoms with Crippen molar-refractivity contribution in [2.24, 2.45) is 0 Å². The Morgan fingerprint density at radius 2 is 1.86 bits per heavy atom. The summed E-state index contributed by atoms with van der Waals surface area (Å²) in [5, 5.41) is 0. The van der Waals surface area contributed by atoms with E-state index in [1.807, 2.05) is 0 Å². The second-order valence-corrected chi connectivity index (χ2v) is 5.71. The summed E-state index contributed by atoms with van der Waals surface area (Å²) < 4.78 is 37.2. The van der Waals surface area contributed by atoms with Gasteiger partial charge in [0.25, 0.3) is 10.0 Å². The monoisotopic (exact) mass is 310 g/mol. The molecule has 112 valence electrons. The van der Waals surface area contributed by atoms with Gasteiger partial charge in [0, 0.05) is 18.3 Å². The first kappa shape index (κ1) is 14.9. The van der Waals surface area contributed by atoms with Gasteiger partial charge < -0.3 is 14.5 Å². The highest BCUT2D eigenvalue weighted by molar-refractivity contribution is 7.92. The summed E-state index contributed by atoms with van der Waals surface area (Å²) in [6.07, 6.45) is 1.27. The molecule has 0 amide bonds. The molecule has 0 aliphatic heterocycles. The molecule has 0 bridgehead atoms. The van der Waals surface area contributed by atoms with Gasteiger partial charge in [-0.3, -0.25) is 9.52 Å². The van der Waals surface area contributed by atoms with E-state index < -0.39 is 10.0 Å². The van der Waals surface area contributed by atoms with Gasteiger partial charge in [0.05, 0.1) is 19.9 Å². The fourth-order valence-electron chi connectivity index (χ4n) is 1.68. The lowest BCUT2D eigenvalue weighted by Gasteiger charge is -2.12. The van der Waals surface area contributed by atoms with Crippen molar-refractivity contribution in [2.45, 2.75) is 4.90 Å². The van der Waals surface area contributed by atoms with Crippen molar-refractivity contribution in [3.05, 3.63) is 46.9 Å². The molecule has 0 aliphatic rings. The topological polar surface area (TPSA) is 97.5 Å². The molecule has 21 heavy (non-hydrogen) atoms. The van der Waals surface area contributed by atoms with Crippen LogP contribution in [-0.2, 0) is 10.0 Å². The first-order valence-corrected chi connectivity index (χ1v) is 7.38. The number of aromatic nitrogens is 1. The molecule has 0 saturated heterocycles. The van der Waals surface area contributed by atoms with E-state index in [0.717, 1.165) is 0 Å². The number of aromatic amines is 1. The molecule has 0 unspecified atom stereocenters. The predicted molar refractivity (Wildman–Crippen MR) is 77.4 cm³/mol. The molecule has 0 fully saturated rings. The molecule has 1 aromatic carbocycles. The molecule has 0 atom stereocenters. The lowest BCUT2D eigenvalue weighted by Crippen LogP contribution is -2.15. The smallest absolute Gasteiger partial charge is 0.265 e. The minimum atomic E-state index is -3.88. The fraction of sp³-hybridized carbons (Fsp3) is 0.154. The van der Waals surface area contributed by atoms with Crippen molar-refractivity contribution in [3.63, 3.8) is 0 Å². The first-order valence-electron chi connectivity index (χ1n) is 5.90. The Morgan fingerprint density at radius 1 is 1.10 bits per heavy atom. The number of rotatable bonds is 5. The van der Waals surface area contributed by atoms with E-state index in [-0.39, 0.29) is 21.9 Å². The lowest BCUT2D eigenvalue weighted by molar-refractivity contribution is 0.392. The van der Waals surface area contributed by atoms with E-state index >= 15 is 0 Å².